The van der Waals surface area contributed by atoms with E-state index in [2.05, 4.69) is 15.5 Å². The zero-order valence-electron chi connectivity index (χ0n) is 14.6. The third-order valence-corrected chi connectivity index (χ3v) is 5.56. The van der Waals surface area contributed by atoms with Gasteiger partial charge in [-0.2, -0.15) is 0 Å². The van der Waals surface area contributed by atoms with E-state index in [0.29, 0.717) is 15.7 Å². The summed E-state index contributed by atoms with van der Waals surface area (Å²) in [5.74, 6) is -0.499. The van der Waals surface area contributed by atoms with E-state index in [1.165, 1.54) is 35.3 Å². The number of anilines is 1. The highest BCUT2D eigenvalue weighted by Crippen LogP contribution is 2.31. The smallest absolute Gasteiger partial charge is 0.414 e. The Bertz CT molecular complexity index is 904. The van der Waals surface area contributed by atoms with Gasteiger partial charge in [0.15, 0.2) is 5.01 Å². The molecule has 8 nitrogen and oxygen atoms in total. The Morgan fingerprint density at radius 3 is 2.93 bits per heavy atom. The van der Waals surface area contributed by atoms with Gasteiger partial charge in [0.2, 0.25) is 5.91 Å². The molecule has 0 spiro atoms. The predicted molar refractivity (Wildman–Crippen MR) is 99.4 cm³/mol. The lowest BCUT2D eigenvalue weighted by molar-refractivity contribution is -0.119. The second-order valence-corrected chi connectivity index (χ2v) is 8.43. The van der Waals surface area contributed by atoms with Gasteiger partial charge in [-0.3, -0.25) is 13.9 Å². The fourth-order valence-electron chi connectivity index (χ4n) is 2.54. The van der Waals surface area contributed by atoms with Crippen molar-refractivity contribution < 1.29 is 22.9 Å². The van der Waals surface area contributed by atoms with Gasteiger partial charge in [-0.05, 0) is 18.2 Å². The zero-order chi connectivity index (χ0) is 19.6. The number of carbonyl (C=O) groups is 2. The molecule has 0 bridgehead atoms. The van der Waals surface area contributed by atoms with Gasteiger partial charge in [-0.25, -0.2) is 9.18 Å². The Labute approximate surface area is 161 Å². The quantitative estimate of drug-likeness (QED) is 0.775. The van der Waals surface area contributed by atoms with Crippen molar-refractivity contribution in [1.82, 2.24) is 15.5 Å². The molecule has 1 N–H and O–H groups in total. The van der Waals surface area contributed by atoms with Crippen LogP contribution in [-0.2, 0) is 26.1 Å². The zero-order valence-corrected chi connectivity index (χ0v) is 16.2. The minimum Gasteiger partial charge on any atom is -0.442 e. The third kappa shape index (κ3) is 4.66. The molecule has 1 fully saturated rings. The lowest BCUT2D eigenvalue weighted by Gasteiger charge is -2.14. The molecule has 1 aliphatic rings. The third-order valence-electron chi connectivity index (χ3n) is 3.74. The van der Waals surface area contributed by atoms with Crippen LogP contribution in [0.25, 0.3) is 10.6 Å². The Morgan fingerprint density at radius 2 is 2.26 bits per heavy atom. The predicted octanol–water partition coefficient (Wildman–Crippen LogP) is 1.68. The summed E-state index contributed by atoms with van der Waals surface area (Å²) in [7, 11) is -1.05. The van der Waals surface area contributed by atoms with Crippen LogP contribution in [0.1, 0.15) is 11.9 Å². The second-order valence-electron chi connectivity index (χ2n) is 5.94. The number of aromatic nitrogens is 2. The Kier molecular flexibility index (Phi) is 5.80. The monoisotopic (exact) mass is 412 g/mol. The molecule has 1 aromatic carbocycles. The van der Waals surface area contributed by atoms with Crippen molar-refractivity contribution in [3.8, 4) is 10.6 Å². The van der Waals surface area contributed by atoms with Crippen LogP contribution < -0.4 is 10.2 Å². The van der Waals surface area contributed by atoms with E-state index in [9.17, 15) is 18.2 Å². The van der Waals surface area contributed by atoms with E-state index in [1.807, 2.05) is 0 Å². The number of hydrogen-bond donors (Lipinski definition) is 1. The van der Waals surface area contributed by atoms with E-state index >= 15 is 0 Å². The topological polar surface area (TPSA) is 101 Å². The first-order valence-electron chi connectivity index (χ1n) is 7.98. The molecule has 2 aromatic rings. The van der Waals surface area contributed by atoms with Gasteiger partial charge in [0.25, 0.3) is 0 Å². The second kappa shape index (κ2) is 8.09. The SMILES string of the molecule is CC(=O)NC[C@H]1CN(c2ccc(-c3nnc(CS(C)=O)s3)c(F)c2)C(=O)O1. The van der Waals surface area contributed by atoms with Crippen molar-refractivity contribution in [2.45, 2.75) is 18.8 Å². The van der Waals surface area contributed by atoms with Crippen molar-refractivity contribution in [1.29, 1.82) is 0 Å². The number of hydrogen-bond acceptors (Lipinski definition) is 7. The maximum absolute atomic E-state index is 14.6. The molecular weight excluding hydrogens is 395 g/mol. The minimum absolute atomic E-state index is 0.199. The van der Waals surface area contributed by atoms with E-state index in [0.717, 1.165) is 0 Å². The number of halogens is 1. The molecule has 0 aliphatic carbocycles. The fourth-order valence-corrected chi connectivity index (χ4v) is 4.34. The van der Waals surface area contributed by atoms with Crippen LogP contribution in [0, 0.1) is 5.82 Å². The van der Waals surface area contributed by atoms with Crippen LogP contribution in [0.4, 0.5) is 14.9 Å². The average molecular weight is 412 g/mol. The first kappa shape index (κ1) is 19.4. The highest BCUT2D eigenvalue weighted by molar-refractivity contribution is 7.83. The Morgan fingerprint density at radius 1 is 1.48 bits per heavy atom. The first-order chi connectivity index (χ1) is 12.8. The molecule has 1 saturated heterocycles. The van der Waals surface area contributed by atoms with Crippen LogP contribution >= 0.6 is 11.3 Å². The van der Waals surface area contributed by atoms with Crippen molar-refractivity contribution in [3.63, 3.8) is 0 Å². The van der Waals surface area contributed by atoms with E-state index in [1.54, 1.807) is 12.3 Å². The number of ether oxygens (including phenoxy) is 1. The summed E-state index contributed by atoms with van der Waals surface area (Å²) in [6, 6.07) is 4.35. The molecule has 0 radical (unpaired) electrons. The summed E-state index contributed by atoms with van der Waals surface area (Å²) in [5.41, 5.74) is 0.609. The van der Waals surface area contributed by atoms with E-state index in [4.69, 9.17) is 4.74 Å². The molecule has 1 aliphatic heterocycles. The molecule has 11 heteroatoms. The molecule has 3 rings (SSSR count). The number of carbonyl (C=O) groups excluding carboxylic acids is 2. The van der Waals surface area contributed by atoms with Crippen molar-refractivity contribution in [2.75, 3.05) is 24.2 Å². The van der Waals surface area contributed by atoms with Crippen LogP contribution in [-0.4, -0.2) is 51.9 Å². The summed E-state index contributed by atoms with van der Waals surface area (Å²) in [4.78, 5) is 24.3. The van der Waals surface area contributed by atoms with Gasteiger partial charge in [0.1, 0.15) is 16.9 Å². The minimum atomic E-state index is -1.05. The highest BCUT2D eigenvalue weighted by Gasteiger charge is 2.32. The molecule has 27 heavy (non-hydrogen) atoms. The Balaban J connectivity index is 1.75. The van der Waals surface area contributed by atoms with Crippen LogP contribution in [0.15, 0.2) is 18.2 Å². The van der Waals surface area contributed by atoms with Gasteiger partial charge in [0, 0.05) is 29.5 Å². The maximum Gasteiger partial charge on any atom is 0.414 e. The fraction of sp³-hybridized carbons (Fsp3) is 0.375. The number of nitrogens with one attached hydrogen (secondary N) is 1. The summed E-state index contributed by atoms with van der Waals surface area (Å²) in [6.45, 7) is 1.79. The molecule has 2 atom stereocenters. The summed E-state index contributed by atoms with van der Waals surface area (Å²) in [5, 5.41) is 11.4. The molecule has 2 heterocycles. The summed E-state index contributed by atoms with van der Waals surface area (Å²) < 4.78 is 31.0. The molecule has 0 saturated carbocycles. The molecule has 1 aromatic heterocycles. The number of nitrogens with zero attached hydrogens (tertiary/aromatic N) is 3. The highest BCUT2D eigenvalue weighted by atomic mass is 32.2. The number of rotatable bonds is 6. The Hall–Kier alpha value is -2.40. The van der Waals surface area contributed by atoms with Gasteiger partial charge in [-0.1, -0.05) is 11.3 Å². The first-order valence-corrected chi connectivity index (χ1v) is 10.5. The largest absolute Gasteiger partial charge is 0.442 e. The number of amides is 2. The summed E-state index contributed by atoms with van der Waals surface area (Å²) >= 11 is 1.18. The average Bonchev–Trinajstić information content (AvgIpc) is 3.19. The van der Waals surface area contributed by atoms with Crippen LogP contribution in [0.3, 0.4) is 0 Å². The van der Waals surface area contributed by atoms with Crippen molar-refractivity contribution >= 4 is 39.8 Å². The standard InChI is InChI=1S/C16H17FN4O4S2/c1-9(22)18-6-11-7-21(16(23)25-11)10-3-4-12(13(17)5-10)15-20-19-14(26-15)8-27(2)24/h3-5,11H,6-8H2,1-2H3,(H,18,22)/t11-,27?/m0/s1. The molecule has 1 unspecified atom stereocenters. The van der Waals surface area contributed by atoms with E-state index in [-0.39, 0.29) is 30.3 Å². The van der Waals surface area contributed by atoms with Gasteiger partial charge < -0.3 is 10.1 Å². The lowest BCUT2D eigenvalue weighted by atomic mass is 10.2. The number of cyclic esters (lactones) is 1. The summed E-state index contributed by atoms with van der Waals surface area (Å²) in [6.07, 6.45) is 0.469. The number of benzene rings is 1. The van der Waals surface area contributed by atoms with Crippen LogP contribution in [0.5, 0.6) is 0 Å². The lowest BCUT2D eigenvalue weighted by Crippen LogP contribution is -2.33. The van der Waals surface area contributed by atoms with Gasteiger partial charge >= 0.3 is 6.09 Å². The maximum atomic E-state index is 14.6. The molecule has 144 valence electrons. The normalized spacial score (nSPS) is 17.7. The van der Waals surface area contributed by atoms with Crippen molar-refractivity contribution in [2.24, 2.45) is 0 Å². The molecule has 2 amide bonds. The van der Waals surface area contributed by atoms with Gasteiger partial charge in [-0.15, -0.1) is 10.2 Å². The van der Waals surface area contributed by atoms with Gasteiger partial charge in [0.05, 0.1) is 24.5 Å². The van der Waals surface area contributed by atoms with Crippen molar-refractivity contribution in [3.05, 3.63) is 29.0 Å². The van der Waals surface area contributed by atoms with E-state index < -0.39 is 28.8 Å². The van der Waals surface area contributed by atoms with Crippen LogP contribution in [0.2, 0.25) is 0 Å². The molecular formula is C16H17FN4O4S2.